The molecular weight excluding hydrogens is 298 g/mol. The Kier molecular flexibility index (Phi) is 3.91. The smallest absolute Gasteiger partial charge is 0.112 e. The van der Waals surface area contributed by atoms with E-state index in [2.05, 4.69) is 51.1 Å². The van der Waals surface area contributed by atoms with Gasteiger partial charge in [-0.1, -0.05) is 0 Å². The Morgan fingerprint density at radius 1 is 1.41 bits per heavy atom. The summed E-state index contributed by atoms with van der Waals surface area (Å²) >= 11 is 5.09. The van der Waals surface area contributed by atoms with Crippen LogP contribution < -0.4 is 5.32 Å². The number of pyridine rings is 1. The van der Waals surface area contributed by atoms with Crippen LogP contribution in [-0.2, 0) is 12.1 Å². The molecule has 0 aliphatic heterocycles. The van der Waals surface area contributed by atoms with Gasteiger partial charge in [0, 0.05) is 35.0 Å². The third kappa shape index (κ3) is 3.34. The third-order valence-electron chi connectivity index (χ3n) is 2.46. The number of rotatable bonds is 4. The lowest BCUT2D eigenvalue weighted by Gasteiger charge is -2.23. The highest BCUT2D eigenvalue weighted by molar-refractivity contribution is 9.10. The zero-order valence-electron chi connectivity index (χ0n) is 9.77. The maximum Gasteiger partial charge on any atom is 0.112 e. The molecule has 2 aromatic rings. The number of hydrogen-bond acceptors (Lipinski definition) is 4. The van der Waals surface area contributed by atoms with Gasteiger partial charge in [-0.25, -0.2) is 4.98 Å². The number of halogens is 1. The first-order valence-corrected chi connectivity index (χ1v) is 6.99. The fourth-order valence-electron chi connectivity index (χ4n) is 1.48. The molecule has 0 aromatic carbocycles. The Labute approximate surface area is 113 Å². The number of nitrogens with one attached hydrogen (secondary N) is 1. The van der Waals surface area contributed by atoms with Crippen molar-refractivity contribution < 1.29 is 0 Å². The maximum absolute atomic E-state index is 4.35. The summed E-state index contributed by atoms with van der Waals surface area (Å²) in [6.45, 7) is 5.05. The van der Waals surface area contributed by atoms with Crippen LogP contribution in [0.15, 0.2) is 34.5 Å². The quantitative estimate of drug-likeness (QED) is 0.941. The summed E-state index contributed by atoms with van der Waals surface area (Å²) in [6, 6.07) is 2.07. The molecule has 0 aliphatic carbocycles. The number of nitrogens with zero attached hydrogens (tertiary/aromatic N) is 2. The molecule has 0 spiro atoms. The van der Waals surface area contributed by atoms with Gasteiger partial charge in [0.05, 0.1) is 5.54 Å². The van der Waals surface area contributed by atoms with Crippen molar-refractivity contribution in [1.29, 1.82) is 0 Å². The minimum Gasteiger partial charge on any atom is -0.302 e. The standard InChI is InChI=1S/C12H14BrN3S/c1-12(2,11-15-3-4-17-11)16-7-9-5-10(13)8-14-6-9/h3-6,8,16H,7H2,1-2H3. The van der Waals surface area contributed by atoms with Gasteiger partial charge in [0.1, 0.15) is 5.01 Å². The number of hydrogen-bond donors (Lipinski definition) is 1. The molecule has 17 heavy (non-hydrogen) atoms. The van der Waals surface area contributed by atoms with Crippen molar-refractivity contribution in [1.82, 2.24) is 15.3 Å². The van der Waals surface area contributed by atoms with Crippen LogP contribution in [0.5, 0.6) is 0 Å². The summed E-state index contributed by atoms with van der Waals surface area (Å²) < 4.78 is 1.00. The Hall–Kier alpha value is -0.780. The predicted octanol–water partition coefficient (Wildman–Crippen LogP) is 3.33. The second kappa shape index (κ2) is 5.25. The molecule has 0 amide bonds. The van der Waals surface area contributed by atoms with Crippen molar-refractivity contribution in [3.63, 3.8) is 0 Å². The van der Waals surface area contributed by atoms with Gasteiger partial charge in [-0.05, 0) is 41.4 Å². The van der Waals surface area contributed by atoms with Crippen molar-refractivity contribution in [2.75, 3.05) is 0 Å². The molecule has 0 aliphatic rings. The summed E-state index contributed by atoms with van der Waals surface area (Å²) in [6.07, 6.45) is 5.50. The zero-order valence-corrected chi connectivity index (χ0v) is 12.2. The van der Waals surface area contributed by atoms with Crippen LogP contribution in [0, 0.1) is 0 Å². The van der Waals surface area contributed by atoms with Crippen LogP contribution in [-0.4, -0.2) is 9.97 Å². The lowest BCUT2D eigenvalue weighted by molar-refractivity contribution is 0.399. The summed E-state index contributed by atoms with van der Waals surface area (Å²) in [5.41, 5.74) is 1.04. The topological polar surface area (TPSA) is 37.8 Å². The molecule has 2 aromatic heterocycles. The van der Waals surface area contributed by atoms with Crippen LogP contribution in [0.1, 0.15) is 24.4 Å². The van der Waals surface area contributed by atoms with E-state index in [1.165, 1.54) is 0 Å². The summed E-state index contributed by atoms with van der Waals surface area (Å²) in [4.78, 5) is 8.50. The third-order valence-corrected chi connectivity index (χ3v) is 3.99. The molecule has 90 valence electrons. The van der Waals surface area contributed by atoms with Gasteiger partial charge in [-0.2, -0.15) is 0 Å². The van der Waals surface area contributed by atoms with Gasteiger partial charge in [0.2, 0.25) is 0 Å². The largest absolute Gasteiger partial charge is 0.302 e. The van der Waals surface area contributed by atoms with Gasteiger partial charge in [-0.3, -0.25) is 4.98 Å². The molecule has 2 heterocycles. The molecule has 0 atom stereocenters. The van der Waals surface area contributed by atoms with E-state index in [0.717, 1.165) is 21.6 Å². The molecule has 5 heteroatoms. The second-order valence-electron chi connectivity index (χ2n) is 4.33. The zero-order chi connectivity index (χ0) is 12.3. The first kappa shape index (κ1) is 12.7. The van der Waals surface area contributed by atoms with Crippen molar-refractivity contribution >= 4 is 27.3 Å². The highest BCUT2D eigenvalue weighted by atomic mass is 79.9. The normalized spacial score (nSPS) is 11.7. The lowest BCUT2D eigenvalue weighted by atomic mass is 10.1. The van der Waals surface area contributed by atoms with E-state index < -0.39 is 0 Å². The van der Waals surface area contributed by atoms with Crippen molar-refractivity contribution in [2.45, 2.75) is 25.9 Å². The highest BCUT2D eigenvalue weighted by Gasteiger charge is 2.22. The Bertz CT molecular complexity index is 482. The van der Waals surface area contributed by atoms with E-state index >= 15 is 0 Å². The summed E-state index contributed by atoms with van der Waals surface area (Å²) in [7, 11) is 0. The van der Waals surface area contributed by atoms with Gasteiger partial charge in [0.15, 0.2) is 0 Å². The van der Waals surface area contributed by atoms with Crippen molar-refractivity contribution in [2.24, 2.45) is 0 Å². The molecule has 0 saturated heterocycles. The molecule has 0 fully saturated rings. The summed E-state index contributed by atoms with van der Waals surface area (Å²) in [5, 5.41) is 6.59. The minimum absolute atomic E-state index is 0.115. The maximum atomic E-state index is 4.35. The molecule has 0 unspecified atom stereocenters. The van der Waals surface area contributed by atoms with E-state index in [9.17, 15) is 0 Å². The molecule has 0 saturated carbocycles. The van der Waals surface area contributed by atoms with Crippen LogP contribution in [0.25, 0.3) is 0 Å². The Morgan fingerprint density at radius 2 is 2.24 bits per heavy atom. The lowest BCUT2D eigenvalue weighted by Crippen LogP contribution is -2.35. The number of aromatic nitrogens is 2. The molecule has 0 bridgehead atoms. The van der Waals surface area contributed by atoms with Crippen molar-refractivity contribution in [3.8, 4) is 0 Å². The van der Waals surface area contributed by atoms with E-state index in [1.807, 2.05) is 17.8 Å². The molecule has 3 nitrogen and oxygen atoms in total. The van der Waals surface area contributed by atoms with Crippen LogP contribution in [0.2, 0.25) is 0 Å². The van der Waals surface area contributed by atoms with Gasteiger partial charge >= 0.3 is 0 Å². The predicted molar refractivity (Wildman–Crippen MR) is 73.9 cm³/mol. The molecule has 0 radical (unpaired) electrons. The monoisotopic (exact) mass is 311 g/mol. The van der Waals surface area contributed by atoms with E-state index in [4.69, 9.17) is 0 Å². The van der Waals surface area contributed by atoms with Crippen LogP contribution in [0.4, 0.5) is 0 Å². The number of thiazole rings is 1. The molecule has 2 rings (SSSR count). The first-order valence-electron chi connectivity index (χ1n) is 5.32. The Balaban J connectivity index is 2.03. The SMILES string of the molecule is CC(C)(NCc1cncc(Br)c1)c1nccs1. The summed E-state index contributed by atoms with van der Waals surface area (Å²) in [5.74, 6) is 0. The average Bonchev–Trinajstić information content (AvgIpc) is 2.81. The average molecular weight is 312 g/mol. The fraction of sp³-hybridized carbons (Fsp3) is 0.333. The highest BCUT2D eigenvalue weighted by Crippen LogP contribution is 2.22. The van der Waals surface area contributed by atoms with E-state index in [0.29, 0.717) is 0 Å². The van der Waals surface area contributed by atoms with Crippen LogP contribution >= 0.6 is 27.3 Å². The van der Waals surface area contributed by atoms with E-state index in [1.54, 1.807) is 17.5 Å². The van der Waals surface area contributed by atoms with E-state index in [-0.39, 0.29) is 5.54 Å². The molecule has 1 N–H and O–H groups in total. The van der Waals surface area contributed by atoms with Gasteiger partial charge in [-0.15, -0.1) is 11.3 Å². The molecular formula is C12H14BrN3S. The van der Waals surface area contributed by atoms with Gasteiger partial charge < -0.3 is 5.32 Å². The minimum atomic E-state index is -0.115. The van der Waals surface area contributed by atoms with Crippen LogP contribution in [0.3, 0.4) is 0 Å². The first-order chi connectivity index (χ1) is 8.08. The fourth-order valence-corrected chi connectivity index (χ4v) is 2.63. The second-order valence-corrected chi connectivity index (χ2v) is 6.14. The Morgan fingerprint density at radius 3 is 2.88 bits per heavy atom. The van der Waals surface area contributed by atoms with Gasteiger partial charge in [0.25, 0.3) is 0 Å². The van der Waals surface area contributed by atoms with Crippen molar-refractivity contribution in [3.05, 3.63) is 45.1 Å².